The number of nitrogens with zero attached hydrogens (tertiary/aromatic N) is 3. The Kier molecular flexibility index (Phi) is 5.98. The largest absolute Gasteiger partial charge is 0.496 e. The Balaban J connectivity index is 1.60. The fourth-order valence-electron chi connectivity index (χ4n) is 4.16. The number of amides is 1. The molecule has 0 saturated carbocycles. The normalized spacial score (nSPS) is 14.6. The molecular formula is C25H26N4O6. The van der Waals surface area contributed by atoms with E-state index in [1.807, 2.05) is 19.2 Å². The second-order valence-electron chi connectivity index (χ2n) is 8.78. The zero-order valence-electron chi connectivity index (χ0n) is 20.3. The lowest BCUT2D eigenvalue weighted by molar-refractivity contribution is -0.384. The van der Waals surface area contributed by atoms with Crippen LogP contribution in [0.15, 0.2) is 45.9 Å². The Bertz CT molecular complexity index is 1400. The number of carbonyl (C=O) groups is 1. The number of nitro groups is 1. The van der Waals surface area contributed by atoms with Gasteiger partial charge in [0, 0.05) is 41.4 Å². The number of hydrogen-bond donors (Lipinski definition) is 1. The number of hydrazone groups is 1. The highest BCUT2D eigenvalue weighted by molar-refractivity contribution is 5.98. The van der Waals surface area contributed by atoms with Crippen LogP contribution in [0.2, 0.25) is 0 Å². The number of furan rings is 1. The van der Waals surface area contributed by atoms with Gasteiger partial charge >= 0.3 is 5.91 Å². The number of methoxy groups -OCH3 is 2. The molecule has 0 atom stereocenters. The summed E-state index contributed by atoms with van der Waals surface area (Å²) in [6.07, 6.45) is 3.70. The molecule has 10 nitrogen and oxygen atoms in total. The van der Waals surface area contributed by atoms with Crippen LogP contribution in [0.3, 0.4) is 0 Å². The summed E-state index contributed by atoms with van der Waals surface area (Å²) in [5.74, 6) is 0.0969. The maximum atomic E-state index is 12.6. The molecule has 0 bridgehead atoms. The maximum absolute atomic E-state index is 12.6. The molecule has 1 aliphatic rings. The Morgan fingerprint density at radius 1 is 1.17 bits per heavy atom. The standard InChI is InChI=1S/C25H26N4O6/c1-14-12-25(2,3)28(4)19-11-20(33-5)16(8-18(14)19)13-26-27-24(30)22-9-15-7-17(29(31)32)10-21(34-6)23(15)35-22/h7-13H,1-6H3,(H,27,30)/b26-13-. The topological polar surface area (TPSA) is 119 Å². The number of benzene rings is 2. The van der Waals surface area contributed by atoms with Crippen molar-refractivity contribution in [3.05, 3.63) is 63.4 Å². The zero-order valence-corrected chi connectivity index (χ0v) is 20.3. The lowest BCUT2D eigenvalue weighted by Crippen LogP contribution is -2.42. The van der Waals surface area contributed by atoms with E-state index in [9.17, 15) is 14.9 Å². The van der Waals surface area contributed by atoms with Crippen molar-refractivity contribution in [3.63, 3.8) is 0 Å². The summed E-state index contributed by atoms with van der Waals surface area (Å²) in [7, 11) is 4.98. The van der Waals surface area contributed by atoms with Crippen molar-refractivity contribution in [3.8, 4) is 11.5 Å². The molecule has 1 aliphatic heterocycles. The molecule has 0 spiro atoms. The number of ether oxygens (including phenoxy) is 2. The molecule has 2 heterocycles. The molecule has 182 valence electrons. The number of rotatable bonds is 6. The third-order valence-corrected chi connectivity index (χ3v) is 6.16. The van der Waals surface area contributed by atoms with Gasteiger partial charge in [0.25, 0.3) is 5.69 Å². The van der Waals surface area contributed by atoms with E-state index < -0.39 is 10.8 Å². The van der Waals surface area contributed by atoms with Gasteiger partial charge in [-0.2, -0.15) is 5.10 Å². The van der Waals surface area contributed by atoms with Crippen LogP contribution in [0.1, 0.15) is 42.5 Å². The van der Waals surface area contributed by atoms with Crippen molar-refractivity contribution in [2.45, 2.75) is 26.3 Å². The number of carbonyl (C=O) groups excluding carboxylic acids is 1. The van der Waals surface area contributed by atoms with Crippen LogP contribution >= 0.6 is 0 Å². The van der Waals surface area contributed by atoms with Crippen LogP contribution in [-0.4, -0.2) is 43.9 Å². The van der Waals surface area contributed by atoms with Crippen molar-refractivity contribution >= 4 is 40.0 Å². The van der Waals surface area contributed by atoms with E-state index in [2.05, 4.69) is 42.3 Å². The molecule has 0 fully saturated rings. The number of likely N-dealkylation sites (N-methyl/N-ethyl adjacent to an activating group) is 1. The van der Waals surface area contributed by atoms with Crippen molar-refractivity contribution in [1.29, 1.82) is 0 Å². The predicted molar refractivity (Wildman–Crippen MR) is 134 cm³/mol. The first-order valence-corrected chi connectivity index (χ1v) is 10.8. The molecule has 2 aromatic carbocycles. The van der Waals surface area contributed by atoms with Crippen molar-refractivity contribution in [2.75, 3.05) is 26.2 Å². The number of non-ortho nitro benzene ring substituents is 1. The van der Waals surface area contributed by atoms with Gasteiger partial charge in [0.15, 0.2) is 17.1 Å². The molecule has 0 unspecified atom stereocenters. The molecule has 1 amide bonds. The van der Waals surface area contributed by atoms with Crippen LogP contribution in [0, 0.1) is 10.1 Å². The Morgan fingerprint density at radius 2 is 1.89 bits per heavy atom. The third-order valence-electron chi connectivity index (χ3n) is 6.16. The summed E-state index contributed by atoms with van der Waals surface area (Å²) in [5, 5.41) is 15.6. The minimum Gasteiger partial charge on any atom is -0.496 e. The monoisotopic (exact) mass is 478 g/mol. The lowest BCUT2D eigenvalue weighted by Gasteiger charge is -2.40. The molecule has 10 heteroatoms. The number of nitro benzene ring substituents is 1. The van der Waals surface area contributed by atoms with Gasteiger partial charge in [0.05, 0.1) is 37.0 Å². The van der Waals surface area contributed by atoms with E-state index in [0.717, 1.165) is 16.8 Å². The van der Waals surface area contributed by atoms with Crippen molar-refractivity contribution in [1.82, 2.24) is 5.43 Å². The average molecular weight is 479 g/mol. The third kappa shape index (κ3) is 4.30. The molecule has 1 aromatic heterocycles. The Labute approximate surface area is 202 Å². The summed E-state index contributed by atoms with van der Waals surface area (Å²) in [4.78, 5) is 25.4. The van der Waals surface area contributed by atoms with Crippen LogP contribution in [0.4, 0.5) is 11.4 Å². The number of nitrogens with one attached hydrogen (secondary N) is 1. The van der Waals surface area contributed by atoms with Gasteiger partial charge in [0.1, 0.15) is 5.75 Å². The van der Waals surface area contributed by atoms with E-state index in [4.69, 9.17) is 13.9 Å². The van der Waals surface area contributed by atoms with Gasteiger partial charge in [-0.15, -0.1) is 0 Å². The van der Waals surface area contributed by atoms with Gasteiger partial charge in [0.2, 0.25) is 0 Å². The smallest absolute Gasteiger partial charge is 0.307 e. The maximum Gasteiger partial charge on any atom is 0.307 e. The average Bonchev–Trinajstić information content (AvgIpc) is 3.26. The second kappa shape index (κ2) is 8.79. The van der Waals surface area contributed by atoms with Gasteiger partial charge in [-0.05, 0) is 38.5 Å². The number of fused-ring (bicyclic) bond motifs is 2. The highest BCUT2D eigenvalue weighted by Crippen LogP contribution is 2.41. The molecule has 1 N–H and O–H groups in total. The first kappa shape index (κ1) is 23.8. The van der Waals surface area contributed by atoms with Crippen LogP contribution in [-0.2, 0) is 0 Å². The summed E-state index contributed by atoms with van der Waals surface area (Å²) >= 11 is 0. The second-order valence-corrected chi connectivity index (χ2v) is 8.78. The quantitative estimate of drug-likeness (QED) is 0.308. The molecule has 0 radical (unpaired) electrons. The highest BCUT2D eigenvalue weighted by Gasteiger charge is 2.29. The summed E-state index contributed by atoms with van der Waals surface area (Å²) in [6.45, 7) is 6.34. The van der Waals surface area contributed by atoms with E-state index in [1.54, 1.807) is 7.11 Å². The van der Waals surface area contributed by atoms with Gasteiger partial charge in [-0.1, -0.05) is 6.08 Å². The van der Waals surface area contributed by atoms with E-state index in [-0.39, 0.29) is 28.3 Å². The van der Waals surface area contributed by atoms with Crippen molar-refractivity contribution < 1.29 is 23.6 Å². The van der Waals surface area contributed by atoms with Gasteiger partial charge in [-0.25, -0.2) is 5.43 Å². The molecule has 4 rings (SSSR count). The molecule has 0 saturated heterocycles. The fraction of sp³-hybridized carbons (Fsp3) is 0.280. The number of anilines is 1. The SMILES string of the molecule is COc1cc2c(cc1/C=N\NC(=O)c1cc3cc([N+](=O)[O-])cc(OC)c3o1)C(C)=CC(C)(C)N2C. The fourth-order valence-corrected chi connectivity index (χ4v) is 4.16. The summed E-state index contributed by atoms with van der Waals surface area (Å²) in [5.41, 5.74) is 6.27. The van der Waals surface area contributed by atoms with Crippen LogP contribution < -0.4 is 19.8 Å². The first-order valence-electron chi connectivity index (χ1n) is 10.8. The molecular weight excluding hydrogens is 452 g/mol. The van der Waals surface area contributed by atoms with Crippen LogP contribution in [0.25, 0.3) is 16.5 Å². The highest BCUT2D eigenvalue weighted by atomic mass is 16.6. The Hall–Kier alpha value is -4.34. The summed E-state index contributed by atoms with van der Waals surface area (Å²) < 4.78 is 16.3. The van der Waals surface area contributed by atoms with Crippen molar-refractivity contribution in [2.24, 2.45) is 5.10 Å². The van der Waals surface area contributed by atoms with Crippen LogP contribution in [0.5, 0.6) is 11.5 Å². The minimum absolute atomic E-state index is 0.0593. The van der Waals surface area contributed by atoms with E-state index >= 15 is 0 Å². The lowest BCUT2D eigenvalue weighted by atomic mass is 9.88. The predicted octanol–water partition coefficient (Wildman–Crippen LogP) is 4.75. The number of allylic oxidation sites excluding steroid dienone is 1. The first-order chi connectivity index (χ1) is 16.6. The van der Waals surface area contributed by atoms with Gasteiger partial charge < -0.3 is 18.8 Å². The van der Waals surface area contributed by atoms with E-state index in [0.29, 0.717) is 16.7 Å². The summed E-state index contributed by atoms with van der Waals surface area (Å²) in [6, 6.07) is 7.87. The minimum atomic E-state index is -0.614. The molecule has 35 heavy (non-hydrogen) atoms. The van der Waals surface area contributed by atoms with E-state index in [1.165, 1.54) is 31.5 Å². The number of hydrogen-bond acceptors (Lipinski definition) is 8. The Morgan fingerprint density at radius 3 is 2.54 bits per heavy atom. The molecule has 3 aromatic rings. The molecule has 0 aliphatic carbocycles. The zero-order chi connectivity index (χ0) is 25.5. The van der Waals surface area contributed by atoms with Gasteiger partial charge in [-0.3, -0.25) is 14.9 Å².